The number of sulfone groups is 1. The monoisotopic (exact) mass is 253 g/mol. The lowest BCUT2D eigenvalue weighted by Crippen LogP contribution is -2.38. The minimum Gasteiger partial charge on any atom is -0.380 e. The number of hydrogen-bond acceptors (Lipinski definition) is 3. The van der Waals surface area contributed by atoms with Gasteiger partial charge in [0.15, 0.2) is 9.84 Å². The van der Waals surface area contributed by atoms with Crippen LogP contribution >= 0.6 is 0 Å². The zero-order valence-electron chi connectivity index (χ0n) is 10.7. The van der Waals surface area contributed by atoms with E-state index in [0.29, 0.717) is 10.8 Å². The molecule has 1 aliphatic heterocycles. The third-order valence-corrected chi connectivity index (χ3v) is 5.37. The van der Waals surface area contributed by atoms with Crippen molar-refractivity contribution in [3.8, 4) is 0 Å². The topological polar surface area (TPSA) is 46.2 Å². The van der Waals surface area contributed by atoms with E-state index in [1.54, 1.807) is 6.07 Å². The Labute approximate surface area is 103 Å². The van der Waals surface area contributed by atoms with Crippen molar-refractivity contribution in [1.82, 2.24) is 0 Å². The Morgan fingerprint density at radius 2 is 1.94 bits per heavy atom. The van der Waals surface area contributed by atoms with Gasteiger partial charge in [0, 0.05) is 6.04 Å². The maximum absolute atomic E-state index is 12.2. The highest BCUT2D eigenvalue weighted by atomic mass is 32.2. The molecule has 0 bridgehead atoms. The van der Waals surface area contributed by atoms with E-state index in [2.05, 4.69) is 5.32 Å². The molecule has 0 aliphatic carbocycles. The number of benzene rings is 1. The van der Waals surface area contributed by atoms with Crippen molar-refractivity contribution in [3.63, 3.8) is 0 Å². The molecule has 3 nitrogen and oxygen atoms in total. The smallest absolute Gasteiger partial charge is 0.182 e. The summed E-state index contributed by atoms with van der Waals surface area (Å²) in [5, 5.41) is 3.38. The first-order valence-electron chi connectivity index (χ1n) is 5.92. The second-order valence-electron chi connectivity index (χ2n) is 5.16. The maximum Gasteiger partial charge on any atom is 0.182 e. The summed E-state index contributed by atoms with van der Waals surface area (Å²) in [5.74, 6) is 0.498. The summed E-state index contributed by atoms with van der Waals surface area (Å²) in [7, 11) is -3.14. The molecule has 0 amide bonds. The van der Waals surface area contributed by atoms with Crippen molar-refractivity contribution < 1.29 is 8.42 Å². The van der Waals surface area contributed by atoms with Crippen LogP contribution in [0.15, 0.2) is 17.0 Å². The first kappa shape index (κ1) is 12.4. The van der Waals surface area contributed by atoms with Gasteiger partial charge in [0.2, 0.25) is 0 Å². The number of anilines is 1. The molecule has 0 fully saturated rings. The Morgan fingerprint density at radius 1 is 1.29 bits per heavy atom. The molecular weight excluding hydrogens is 234 g/mol. The van der Waals surface area contributed by atoms with Crippen LogP contribution in [0.2, 0.25) is 0 Å². The van der Waals surface area contributed by atoms with E-state index in [1.165, 1.54) is 0 Å². The molecule has 1 heterocycles. The van der Waals surface area contributed by atoms with Crippen molar-refractivity contribution in [1.29, 1.82) is 0 Å². The van der Waals surface area contributed by atoms with Crippen LogP contribution in [0.3, 0.4) is 0 Å². The van der Waals surface area contributed by atoms with E-state index < -0.39 is 9.84 Å². The minimum absolute atomic E-state index is 0.00741. The molecule has 1 unspecified atom stereocenters. The lowest BCUT2D eigenvalue weighted by Gasteiger charge is -2.31. The molecule has 94 valence electrons. The van der Waals surface area contributed by atoms with Gasteiger partial charge in [-0.3, -0.25) is 0 Å². The minimum atomic E-state index is -3.14. The molecule has 2 rings (SSSR count). The van der Waals surface area contributed by atoms with Gasteiger partial charge in [-0.05, 0) is 37.0 Å². The van der Waals surface area contributed by atoms with Crippen molar-refractivity contribution in [2.45, 2.75) is 38.6 Å². The van der Waals surface area contributed by atoms with E-state index in [-0.39, 0.29) is 11.8 Å². The highest BCUT2D eigenvalue weighted by Crippen LogP contribution is 2.34. The molecular formula is C13H19NO2S. The summed E-state index contributed by atoms with van der Waals surface area (Å²) in [6.07, 6.45) is 0. The Hall–Kier alpha value is -1.03. The van der Waals surface area contributed by atoms with Gasteiger partial charge in [0.05, 0.1) is 16.3 Å². The summed E-state index contributed by atoms with van der Waals surface area (Å²) in [4.78, 5) is 0.456. The zero-order valence-corrected chi connectivity index (χ0v) is 11.6. The van der Waals surface area contributed by atoms with Crippen LogP contribution in [0, 0.1) is 19.8 Å². The maximum atomic E-state index is 12.2. The summed E-state index contributed by atoms with van der Waals surface area (Å²) in [6.45, 7) is 8.06. The third-order valence-electron chi connectivity index (χ3n) is 3.57. The van der Waals surface area contributed by atoms with Gasteiger partial charge in [-0.1, -0.05) is 19.9 Å². The standard InChI is InChI=1S/C13H19NO2S/c1-8(2)11-7-17(15,16)12-6-5-9(3)10(4)13(12)14-11/h5-6,8,11,14H,7H2,1-4H3. The lowest BCUT2D eigenvalue weighted by molar-refractivity contribution is 0.531. The normalized spacial score (nSPS) is 22.1. The van der Waals surface area contributed by atoms with Crippen LogP contribution in [0.5, 0.6) is 0 Å². The second-order valence-corrected chi connectivity index (χ2v) is 7.16. The van der Waals surface area contributed by atoms with Crippen LogP contribution in [-0.4, -0.2) is 20.2 Å². The second kappa shape index (κ2) is 4.02. The van der Waals surface area contributed by atoms with Crippen LogP contribution < -0.4 is 5.32 Å². The van der Waals surface area contributed by atoms with Crippen LogP contribution in [0.1, 0.15) is 25.0 Å². The van der Waals surface area contributed by atoms with Gasteiger partial charge >= 0.3 is 0 Å². The molecule has 1 atom stereocenters. The predicted octanol–water partition coefficient (Wildman–Crippen LogP) is 2.53. The van der Waals surface area contributed by atoms with Crippen LogP contribution in [0.25, 0.3) is 0 Å². The van der Waals surface area contributed by atoms with Gasteiger partial charge < -0.3 is 5.32 Å². The van der Waals surface area contributed by atoms with E-state index in [0.717, 1.165) is 16.8 Å². The summed E-state index contributed by atoms with van der Waals surface area (Å²) in [5.41, 5.74) is 2.96. The summed E-state index contributed by atoms with van der Waals surface area (Å²) >= 11 is 0. The third kappa shape index (κ3) is 2.06. The fourth-order valence-electron chi connectivity index (χ4n) is 2.14. The Morgan fingerprint density at radius 3 is 2.53 bits per heavy atom. The average Bonchev–Trinajstić information content (AvgIpc) is 2.22. The summed E-state index contributed by atoms with van der Waals surface area (Å²) < 4.78 is 24.4. The molecule has 0 spiro atoms. The van der Waals surface area contributed by atoms with Crippen molar-refractivity contribution in [2.24, 2.45) is 5.92 Å². The molecule has 0 radical (unpaired) electrons. The van der Waals surface area contributed by atoms with Gasteiger partial charge in [-0.15, -0.1) is 0 Å². The zero-order chi connectivity index (χ0) is 12.8. The van der Waals surface area contributed by atoms with E-state index in [4.69, 9.17) is 0 Å². The fraction of sp³-hybridized carbons (Fsp3) is 0.538. The van der Waals surface area contributed by atoms with Crippen LogP contribution in [-0.2, 0) is 9.84 Å². The van der Waals surface area contributed by atoms with Crippen molar-refractivity contribution in [2.75, 3.05) is 11.1 Å². The Kier molecular flexibility index (Phi) is 2.94. The van der Waals surface area contributed by atoms with Crippen LogP contribution in [0.4, 0.5) is 5.69 Å². The number of nitrogens with one attached hydrogen (secondary N) is 1. The first-order chi connectivity index (χ1) is 7.83. The highest BCUT2D eigenvalue weighted by Gasteiger charge is 2.32. The van der Waals surface area contributed by atoms with E-state index >= 15 is 0 Å². The van der Waals surface area contributed by atoms with Gasteiger partial charge in [0.1, 0.15) is 0 Å². The van der Waals surface area contributed by atoms with E-state index in [1.807, 2.05) is 33.8 Å². The van der Waals surface area contributed by atoms with E-state index in [9.17, 15) is 8.42 Å². The largest absolute Gasteiger partial charge is 0.380 e. The predicted molar refractivity (Wildman–Crippen MR) is 70.2 cm³/mol. The molecule has 4 heteroatoms. The molecule has 0 saturated heterocycles. The number of aryl methyl sites for hydroxylation is 1. The number of fused-ring (bicyclic) bond motifs is 1. The Bertz CT molecular complexity index is 547. The molecule has 0 aromatic heterocycles. The summed E-state index contributed by atoms with van der Waals surface area (Å²) in [6, 6.07) is 3.60. The van der Waals surface area contributed by atoms with Gasteiger partial charge in [0.25, 0.3) is 0 Å². The average molecular weight is 253 g/mol. The number of hydrogen-bond donors (Lipinski definition) is 1. The SMILES string of the molecule is Cc1ccc2c(c1C)NC(C(C)C)CS2(=O)=O. The van der Waals surface area contributed by atoms with Crippen molar-refractivity contribution >= 4 is 15.5 Å². The molecule has 1 aromatic rings. The fourth-order valence-corrected chi connectivity index (χ4v) is 4.06. The van der Waals surface area contributed by atoms with Gasteiger partial charge in [-0.25, -0.2) is 8.42 Å². The molecule has 1 aromatic carbocycles. The number of rotatable bonds is 1. The molecule has 0 saturated carbocycles. The molecule has 1 aliphatic rings. The van der Waals surface area contributed by atoms with Crippen molar-refractivity contribution in [3.05, 3.63) is 23.3 Å². The molecule has 1 N–H and O–H groups in total. The lowest BCUT2D eigenvalue weighted by atomic mass is 10.0. The molecule has 17 heavy (non-hydrogen) atoms. The van der Waals surface area contributed by atoms with Gasteiger partial charge in [-0.2, -0.15) is 0 Å². The quantitative estimate of drug-likeness (QED) is 0.836. The highest BCUT2D eigenvalue weighted by molar-refractivity contribution is 7.91. The first-order valence-corrected chi connectivity index (χ1v) is 7.57. The Balaban J connectivity index is 2.61.